The van der Waals surface area contributed by atoms with E-state index in [1.165, 1.54) is 17.9 Å². The smallest absolute Gasteiger partial charge is 0.155 e. The van der Waals surface area contributed by atoms with E-state index < -0.39 is 5.82 Å². The maximum absolute atomic E-state index is 14.0. The van der Waals surface area contributed by atoms with E-state index in [0.29, 0.717) is 16.3 Å². The van der Waals surface area contributed by atoms with Crippen molar-refractivity contribution < 1.29 is 13.9 Å². The van der Waals surface area contributed by atoms with Crippen LogP contribution in [0.15, 0.2) is 36.4 Å². The van der Waals surface area contributed by atoms with Crippen LogP contribution in [0.3, 0.4) is 0 Å². The molecule has 3 aromatic rings. The predicted molar refractivity (Wildman–Crippen MR) is 79.1 cm³/mol. The zero-order chi connectivity index (χ0) is 15.0. The van der Waals surface area contributed by atoms with Crippen LogP contribution in [-0.2, 0) is 0 Å². The number of hydrogen-bond acceptors (Lipinski definition) is 3. The van der Waals surface area contributed by atoms with E-state index in [0.717, 1.165) is 11.4 Å². The monoisotopic (exact) mass is 306 g/mol. The van der Waals surface area contributed by atoms with Gasteiger partial charge in [0.25, 0.3) is 0 Å². The number of fused-ring (bicyclic) bond motifs is 1. The normalized spacial score (nSPS) is 10.9. The minimum Gasteiger partial charge on any atom is -0.497 e. The van der Waals surface area contributed by atoms with Crippen molar-refractivity contribution in [3.05, 3.63) is 47.4 Å². The molecule has 0 atom stereocenters. The number of benzene rings is 2. The zero-order valence-electron chi connectivity index (χ0n) is 11.4. The number of rotatable bonds is 3. The fraction of sp³-hybridized carbons (Fsp3) is 0.133. The second-order valence-electron chi connectivity index (χ2n) is 4.41. The standard InChI is InChI=1S/C15H12ClFN2O2/c1-20-10-5-3-9(4-6-10)19-15(16)12-7-11(21-2)8-13(17)14(12)18-19/h3-8H,1-2H3. The summed E-state index contributed by atoms with van der Waals surface area (Å²) in [6, 6.07) is 10.1. The molecule has 0 amide bonds. The molecule has 108 valence electrons. The first-order valence-electron chi connectivity index (χ1n) is 6.20. The maximum Gasteiger partial charge on any atom is 0.155 e. The highest BCUT2D eigenvalue weighted by Gasteiger charge is 2.15. The van der Waals surface area contributed by atoms with Gasteiger partial charge in [-0.3, -0.25) is 0 Å². The Morgan fingerprint density at radius 2 is 1.71 bits per heavy atom. The summed E-state index contributed by atoms with van der Waals surface area (Å²) in [5.41, 5.74) is 0.923. The van der Waals surface area contributed by atoms with Crippen molar-refractivity contribution in [3.63, 3.8) is 0 Å². The highest BCUT2D eigenvalue weighted by Crippen LogP contribution is 2.31. The molecule has 1 heterocycles. The van der Waals surface area contributed by atoms with Crippen LogP contribution >= 0.6 is 11.6 Å². The molecule has 0 aliphatic rings. The first-order chi connectivity index (χ1) is 10.1. The Labute approximate surface area is 125 Å². The molecule has 0 aliphatic carbocycles. The number of ether oxygens (including phenoxy) is 2. The molecule has 2 aromatic carbocycles. The van der Waals surface area contributed by atoms with Gasteiger partial charge in [-0.2, -0.15) is 5.10 Å². The zero-order valence-corrected chi connectivity index (χ0v) is 12.2. The Morgan fingerprint density at radius 3 is 2.33 bits per heavy atom. The summed E-state index contributed by atoms with van der Waals surface area (Å²) >= 11 is 6.31. The summed E-state index contributed by atoms with van der Waals surface area (Å²) in [7, 11) is 3.06. The predicted octanol–water partition coefficient (Wildman–Crippen LogP) is 3.84. The van der Waals surface area contributed by atoms with Gasteiger partial charge in [0.2, 0.25) is 0 Å². The Morgan fingerprint density at radius 1 is 1.05 bits per heavy atom. The summed E-state index contributed by atoms with van der Waals surface area (Å²) in [5.74, 6) is 0.647. The third kappa shape index (κ3) is 2.29. The van der Waals surface area contributed by atoms with Crippen LogP contribution in [0.2, 0.25) is 5.15 Å². The van der Waals surface area contributed by atoms with Crippen molar-refractivity contribution in [1.29, 1.82) is 0 Å². The van der Waals surface area contributed by atoms with Crippen LogP contribution in [0, 0.1) is 5.82 Å². The Balaban J connectivity index is 2.18. The van der Waals surface area contributed by atoms with Gasteiger partial charge in [0.05, 0.1) is 19.9 Å². The lowest BCUT2D eigenvalue weighted by Crippen LogP contribution is -1.96. The van der Waals surface area contributed by atoms with Crippen LogP contribution in [0.4, 0.5) is 4.39 Å². The third-order valence-electron chi connectivity index (χ3n) is 3.20. The van der Waals surface area contributed by atoms with E-state index in [1.807, 2.05) is 0 Å². The van der Waals surface area contributed by atoms with Crippen LogP contribution < -0.4 is 9.47 Å². The minimum atomic E-state index is -0.474. The molecule has 0 radical (unpaired) electrons. The lowest BCUT2D eigenvalue weighted by molar-refractivity contribution is 0.412. The summed E-state index contributed by atoms with van der Waals surface area (Å²) in [4.78, 5) is 0. The van der Waals surface area contributed by atoms with E-state index in [1.54, 1.807) is 37.4 Å². The van der Waals surface area contributed by atoms with Gasteiger partial charge in [0.15, 0.2) is 5.82 Å². The maximum atomic E-state index is 14.0. The highest BCUT2D eigenvalue weighted by atomic mass is 35.5. The van der Waals surface area contributed by atoms with Gasteiger partial charge in [-0.1, -0.05) is 11.6 Å². The minimum absolute atomic E-state index is 0.205. The van der Waals surface area contributed by atoms with Crippen LogP contribution in [0.25, 0.3) is 16.6 Å². The summed E-state index contributed by atoms with van der Waals surface area (Å²) in [5, 5.41) is 5.06. The quantitative estimate of drug-likeness (QED) is 0.738. The van der Waals surface area contributed by atoms with Crippen molar-refractivity contribution >= 4 is 22.5 Å². The molecule has 4 nitrogen and oxygen atoms in total. The van der Waals surface area contributed by atoms with E-state index in [-0.39, 0.29) is 5.52 Å². The molecule has 0 saturated heterocycles. The number of halogens is 2. The topological polar surface area (TPSA) is 36.3 Å². The second kappa shape index (κ2) is 5.26. The Bertz CT molecular complexity index is 800. The molecule has 3 rings (SSSR count). The third-order valence-corrected chi connectivity index (χ3v) is 3.56. The van der Waals surface area contributed by atoms with Crippen molar-refractivity contribution in [2.75, 3.05) is 14.2 Å². The fourth-order valence-corrected chi connectivity index (χ4v) is 2.38. The van der Waals surface area contributed by atoms with Gasteiger partial charge in [-0.15, -0.1) is 0 Å². The average Bonchev–Trinajstić information content (AvgIpc) is 2.85. The molecule has 0 N–H and O–H groups in total. The van der Waals surface area contributed by atoms with Crippen molar-refractivity contribution in [2.45, 2.75) is 0 Å². The second-order valence-corrected chi connectivity index (χ2v) is 4.76. The molecular weight excluding hydrogens is 295 g/mol. The molecule has 0 bridgehead atoms. The molecule has 0 fully saturated rings. The Hall–Kier alpha value is -2.27. The lowest BCUT2D eigenvalue weighted by atomic mass is 10.2. The average molecular weight is 307 g/mol. The molecule has 1 aromatic heterocycles. The molecule has 0 spiro atoms. The van der Waals surface area contributed by atoms with Gasteiger partial charge in [0.1, 0.15) is 22.2 Å². The summed E-state index contributed by atoms with van der Waals surface area (Å²) in [6.45, 7) is 0. The number of nitrogens with zero attached hydrogens (tertiary/aromatic N) is 2. The lowest BCUT2D eigenvalue weighted by Gasteiger charge is -2.04. The highest BCUT2D eigenvalue weighted by molar-refractivity contribution is 6.34. The molecule has 6 heteroatoms. The van der Waals surface area contributed by atoms with E-state index in [4.69, 9.17) is 21.1 Å². The van der Waals surface area contributed by atoms with E-state index in [2.05, 4.69) is 5.10 Å². The fourth-order valence-electron chi connectivity index (χ4n) is 2.10. The Kier molecular flexibility index (Phi) is 3.43. The van der Waals surface area contributed by atoms with Gasteiger partial charge < -0.3 is 9.47 Å². The number of hydrogen-bond donors (Lipinski definition) is 0. The molecule has 21 heavy (non-hydrogen) atoms. The van der Waals surface area contributed by atoms with Gasteiger partial charge in [0, 0.05) is 11.5 Å². The van der Waals surface area contributed by atoms with Gasteiger partial charge in [-0.25, -0.2) is 9.07 Å². The molecule has 0 saturated carbocycles. The first kappa shape index (κ1) is 13.7. The molecule has 0 aliphatic heterocycles. The van der Waals surface area contributed by atoms with Crippen molar-refractivity contribution in [2.24, 2.45) is 0 Å². The van der Waals surface area contributed by atoms with E-state index >= 15 is 0 Å². The summed E-state index contributed by atoms with van der Waals surface area (Å²) < 4.78 is 25.7. The van der Waals surface area contributed by atoms with E-state index in [9.17, 15) is 4.39 Å². The molecular formula is C15H12ClFN2O2. The largest absolute Gasteiger partial charge is 0.497 e. The molecule has 0 unspecified atom stereocenters. The van der Waals surface area contributed by atoms with Gasteiger partial charge in [-0.05, 0) is 30.3 Å². The van der Waals surface area contributed by atoms with Crippen molar-refractivity contribution in [1.82, 2.24) is 9.78 Å². The summed E-state index contributed by atoms with van der Waals surface area (Å²) in [6.07, 6.45) is 0. The van der Waals surface area contributed by atoms with Crippen LogP contribution in [0.5, 0.6) is 11.5 Å². The SMILES string of the molecule is COc1ccc(-n2nc3c(F)cc(OC)cc3c2Cl)cc1. The van der Waals surface area contributed by atoms with Crippen LogP contribution in [-0.4, -0.2) is 24.0 Å². The number of aromatic nitrogens is 2. The first-order valence-corrected chi connectivity index (χ1v) is 6.58. The van der Waals surface area contributed by atoms with Crippen molar-refractivity contribution in [3.8, 4) is 17.2 Å². The van der Waals surface area contributed by atoms with Crippen LogP contribution in [0.1, 0.15) is 0 Å². The van der Waals surface area contributed by atoms with Gasteiger partial charge >= 0.3 is 0 Å². The number of methoxy groups -OCH3 is 2.